The summed E-state index contributed by atoms with van der Waals surface area (Å²) in [6.07, 6.45) is 3.36. The van der Waals surface area contributed by atoms with Crippen LogP contribution in [0.3, 0.4) is 0 Å². The van der Waals surface area contributed by atoms with Crippen molar-refractivity contribution in [1.29, 1.82) is 0 Å². The second kappa shape index (κ2) is 9.51. The van der Waals surface area contributed by atoms with Crippen LogP contribution in [0.1, 0.15) is 24.6 Å². The molecule has 8 heteroatoms. The van der Waals surface area contributed by atoms with E-state index in [0.717, 1.165) is 12.1 Å². The van der Waals surface area contributed by atoms with Crippen LogP contribution in [0.2, 0.25) is 0 Å². The summed E-state index contributed by atoms with van der Waals surface area (Å²) < 4.78 is 54.5. The van der Waals surface area contributed by atoms with Crippen LogP contribution in [-0.2, 0) is 32.7 Å². The average molecular weight is 445 g/mol. The normalized spacial score (nSPS) is 12.0. The van der Waals surface area contributed by atoms with Gasteiger partial charge in [-0.3, -0.25) is 4.98 Å². The van der Waals surface area contributed by atoms with E-state index in [-0.39, 0.29) is 21.2 Å². The Morgan fingerprint density at radius 2 is 1.57 bits per heavy atom. The van der Waals surface area contributed by atoms with E-state index < -0.39 is 19.9 Å². The monoisotopic (exact) mass is 444 g/mol. The van der Waals surface area contributed by atoms with E-state index in [1.165, 1.54) is 24.3 Å². The molecule has 0 aliphatic heterocycles. The lowest BCUT2D eigenvalue weighted by Gasteiger charge is -2.13. The highest BCUT2D eigenvalue weighted by atomic mass is 32.2. The van der Waals surface area contributed by atoms with Gasteiger partial charge in [-0.25, -0.2) is 21.6 Å². The Balaban J connectivity index is 1.92. The standard InChI is InChI=1S/C22H24N2O4S2/c1-2-8-18-12-13-21(29(25,26)20-10-4-3-5-11-20)17-22(18)30(27,28)24-16-14-19-9-6-7-15-23-19/h3-7,9-13,15,17,24H,2,8,14,16H2,1H3. The molecule has 0 spiro atoms. The second-order valence-corrected chi connectivity index (χ2v) is 10.5. The number of benzene rings is 2. The fourth-order valence-electron chi connectivity index (χ4n) is 3.10. The van der Waals surface area contributed by atoms with E-state index in [4.69, 9.17) is 0 Å². The molecule has 1 aromatic heterocycles. The van der Waals surface area contributed by atoms with Gasteiger partial charge in [0, 0.05) is 24.9 Å². The third kappa shape index (κ3) is 5.13. The molecule has 1 N–H and O–H groups in total. The molecular formula is C22H24N2O4S2. The minimum Gasteiger partial charge on any atom is -0.261 e. The van der Waals surface area contributed by atoms with Crippen LogP contribution in [0.15, 0.2) is 87.6 Å². The Morgan fingerprint density at radius 3 is 2.23 bits per heavy atom. The SMILES string of the molecule is CCCc1ccc(S(=O)(=O)c2ccccc2)cc1S(=O)(=O)NCCc1ccccn1. The Bertz CT molecular complexity index is 1190. The number of nitrogens with zero attached hydrogens (tertiary/aromatic N) is 1. The summed E-state index contributed by atoms with van der Waals surface area (Å²) in [6, 6.07) is 17.8. The van der Waals surface area contributed by atoms with E-state index in [1.807, 2.05) is 19.1 Å². The van der Waals surface area contributed by atoms with Crippen LogP contribution in [0, 0.1) is 0 Å². The summed E-state index contributed by atoms with van der Waals surface area (Å²) in [6.45, 7) is 2.11. The number of sulfone groups is 1. The van der Waals surface area contributed by atoms with Crippen LogP contribution >= 0.6 is 0 Å². The van der Waals surface area contributed by atoms with Crippen molar-refractivity contribution in [1.82, 2.24) is 9.71 Å². The minimum absolute atomic E-state index is 0.00220. The molecule has 0 aliphatic carbocycles. The molecule has 158 valence electrons. The maximum Gasteiger partial charge on any atom is 0.240 e. The quantitative estimate of drug-likeness (QED) is 0.546. The molecule has 30 heavy (non-hydrogen) atoms. The van der Waals surface area contributed by atoms with E-state index >= 15 is 0 Å². The lowest BCUT2D eigenvalue weighted by atomic mass is 10.1. The van der Waals surface area contributed by atoms with Crippen molar-refractivity contribution in [3.63, 3.8) is 0 Å². The van der Waals surface area contributed by atoms with Crippen molar-refractivity contribution in [3.05, 3.63) is 84.2 Å². The number of hydrogen-bond donors (Lipinski definition) is 1. The summed E-state index contributed by atoms with van der Waals surface area (Å²) in [4.78, 5) is 4.27. The molecule has 3 aromatic rings. The van der Waals surface area contributed by atoms with Gasteiger partial charge in [0.15, 0.2) is 0 Å². The Kier molecular flexibility index (Phi) is 7.02. The van der Waals surface area contributed by atoms with Gasteiger partial charge in [-0.15, -0.1) is 0 Å². The van der Waals surface area contributed by atoms with Crippen LogP contribution in [0.25, 0.3) is 0 Å². The van der Waals surface area contributed by atoms with Crippen molar-refractivity contribution in [2.24, 2.45) is 0 Å². The molecule has 0 aliphatic rings. The van der Waals surface area contributed by atoms with Crippen LogP contribution in [0.5, 0.6) is 0 Å². The van der Waals surface area contributed by atoms with E-state index in [9.17, 15) is 16.8 Å². The molecule has 0 atom stereocenters. The summed E-state index contributed by atoms with van der Waals surface area (Å²) in [5.74, 6) is 0. The molecule has 1 heterocycles. The molecule has 6 nitrogen and oxygen atoms in total. The van der Waals surface area contributed by atoms with Gasteiger partial charge in [0.05, 0.1) is 14.7 Å². The number of aryl methyl sites for hydroxylation is 1. The summed E-state index contributed by atoms with van der Waals surface area (Å²) in [5.41, 5.74) is 1.37. The third-order valence-electron chi connectivity index (χ3n) is 4.61. The van der Waals surface area contributed by atoms with Gasteiger partial charge in [-0.05, 0) is 48.4 Å². The summed E-state index contributed by atoms with van der Waals surface area (Å²) >= 11 is 0. The van der Waals surface area contributed by atoms with Crippen LogP contribution in [-0.4, -0.2) is 28.4 Å². The zero-order valence-electron chi connectivity index (χ0n) is 16.7. The highest BCUT2D eigenvalue weighted by Gasteiger charge is 2.24. The first-order valence-electron chi connectivity index (χ1n) is 9.67. The van der Waals surface area contributed by atoms with Crippen molar-refractivity contribution in [2.75, 3.05) is 6.54 Å². The molecule has 0 amide bonds. The molecule has 3 rings (SSSR count). The highest BCUT2D eigenvalue weighted by molar-refractivity contribution is 7.91. The summed E-state index contributed by atoms with van der Waals surface area (Å²) in [7, 11) is -7.71. The molecule has 2 aromatic carbocycles. The molecule has 0 fully saturated rings. The number of aromatic nitrogens is 1. The first kappa shape index (κ1) is 22.1. The zero-order chi connectivity index (χ0) is 21.6. The van der Waals surface area contributed by atoms with E-state index in [2.05, 4.69) is 9.71 Å². The molecule has 0 bridgehead atoms. The maximum absolute atomic E-state index is 13.0. The lowest BCUT2D eigenvalue weighted by molar-refractivity contribution is 0.579. The first-order chi connectivity index (χ1) is 14.3. The number of nitrogens with one attached hydrogen (secondary N) is 1. The number of hydrogen-bond acceptors (Lipinski definition) is 5. The van der Waals surface area contributed by atoms with Gasteiger partial charge in [0.1, 0.15) is 0 Å². The predicted molar refractivity (Wildman–Crippen MR) is 115 cm³/mol. The van der Waals surface area contributed by atoms with Crippen molar-refractivity contribution >= 4 is 19.9 Å². The molecule has 0 unspecified atom stereocenters. The van der Waals surface area contributed by atoms with Crippen molar-refractivity contribution in [3.8, 4) is 0 Å². The zero-order valence-corrected chi connectivity index (χ0v) is 18.3. The Hall–Kier alpha value is -2.55. The highest BCUT2D eigenvalue weighted by Crippen LogP contribution is 2.26. The smallest absolute Gasteiger partial charge is 0.240 e. The topological polar surface area (TPSA) is 93.2 Å². The predicted octanol–water partition coefficient (Wildman–Crippen LogP) is 3.39. The molecule has 0 saturated carbocycles. The van der Waals surface area contributed by atoms with Crippen molar-refractivity contribution < 1.29 is 16.8 Å². The molecule has 0 radical (unpaired) electrons. The molecule has 0 saturated heterocycles. The Morgan fingerprint density at radius 1 is 0.833 bits per heavy atom. The number of pyridine rings is 1. The lowest BCUT2D eigenvalue weighted by Crippen LogP contribution is -2.27. The first-order valence-corrected chi connectivity index (χ1v) is 12.6. The molecular weight excluding hydrogens is 420 g/mol. The third-order valence-corrected chi connectivity index (χ3v) is 7.92. The van der Waals surface area contributed by atoms with Crippen LogP contribution in [0.4, 0.5) is 0 Å². The largest absolute Gasteiger partial charge is 0.261 e. The van der Waals surface area contributed by atoms with Gasteiger partial charge in [-0.2, -0.15) is 0 Å². The van der Waals surface area contributed by atoms with Gasteiger partial charge in [0.2, 0.25) is 19.9 Å². The van der Waals surface area contributed by atoms with Crippen molar-refractivity contribution in [2.45, 2.75) is 40.9 Å². The van der Waals surface area contributed by atoms with Crippen LogP contribution < -0.4 is 4.72 Å². The minimum atomic E-state index is -3.89. The van der Waals surface area contributed by atoms with E-state index in [1.54, 1.807) is 36.5 Å². The number of rotatable bonds is 9. The van der Waals surface area contributed by atoms with Gasteiger partial charge in [0.25, 0.3) is 0 Å². The average Bonchev–Trinajstić information content (AvgIpc) is 2.75. The fourth-order valence-corrected chi connectivity index (χ4v) is 5.81. The maximum atomic E-state index is 13.0. The van der Waals surface area contributed by atoms with E-state index in [0.29, 0.717) is 18.4 Å². The summed E-state index contributed by atoms with van der Waals surface area (Å²) in [5, 5.41) is 0. The second-order valence-electron chi connectivity index (χ2n) is 6.80. The fraction of sp³-hybridized carbons (Fsp3) is 0.227. The Labute approximate surface area is 178 Å². The van der Waals surface area contributed by atoms with Gasteiger partial charge >= 0.3 is 0 Å². The van der Waals surface area contributed by atoms with Gasteiger partial charge < -0.3 is 0 Å². The van der Waals surface area contributed by atoms with Gasteiger partial charge in [-0.1, -0.05) is 43.7 Å². The number of sulfonamides is 1.